The fourth-order valence-corrected chi connectivity index (χ4v) is 6.87. The second kappa shape index (κ2) is 8.87. The summed E-state index contributed by atoms with van der Waals surface area (Å²) in [5, 5.41) is 5.44. The molecule has 1 saturated heterocycles. The lowest BCUT2D eigenvalue weighted by molar-refractivity contribution is -0.126. The zero-order valence-corrected chi connectivity index (χ0v) is 19.2. The molecule has 3 rings (SSSR count). The van der Waals surface area contributed by atoms with Crippen molar-refractivity contribution in [3.8, 4) is 0 Å². The number of anilines is 1. The summed E-state index contributed by atoms with van der Waals surface area (Å²) in [5.74, 6) is -0.795. The first-order valence-corrected chi connectivity index (χ1v) is 12.1. The van der Waals surface area contributed by atoms with Crippen molar-refractivity contribution in [2.24, 2.45) is 0 Å². The molecule has 0 saturated carbocycles. The van der Waals surface area contributed by atoms with Gasteiger partial charge in [-0.3, -0.25) is 9.59 Å². The number of hydrogen-bond donors (Lipinski definition) is 2. The molecule has 0 spiro atoms. The quantitative estimate of drug-likeness (QED) is 0.709. The molecule has 30 heavy (non-hydrogen) atoms. The van der Waals surface area contributed by atoms with E-state index in [2.05, 4.69) is 10.6 Å². The fraction of sp³-hybridized carbons (Fsp3) is 0.429. The number of hydrogen-bond acceptors (Lipinski definition) is 5. The van der Waals surface area contributed by atoms with E-state index in [0.29, 0.717) is 19.4 Å². The van der Waals surface area contributed by atoms with Gasteiger partial charge in [0.15, 0.2) is 0 Å². The molecular weight excluding hydrogens is 422 g/mol. The Hall–Kier alpha value is -2.23. The molecule has 2 aromatic rings. The molecular formula is C21H27N3O4S2. The average Bonchev–Trinajstić information content (AvgIpc) is 3.32. The fourth-order valence-electron chi connectivity index (χ4n) is 3.80. The molecule has 1 aliphatic rings. The van der Waals surface area contributed by atoms with Crippen LogP contribution in [-0.4, -0.2) is 43.7 Å². The lowest BCUT2D eigenvalue weighted by atomic mass is 10.1. The van der Waals surface area contributed by atoms with Gasteiger partial charge in [0.1, 0.15) is 10.3 Å². The van der Waals surface area contributed by atoms with Crippen LogP contribution in [0.4, 0.5) is 5.69 Å². The summed E-state index contributed by atoms with van der Waals surface area (Å²) >= 11 is 1.19. The Morgan fingerprint density at radius 3 is 2.40 bits per heavy atom. The third kappa shape index (κ3) is 4.74. The van der Waals surface area contributed by atoms with Crippen molar-refractivity contribution in [1.29, 1.82) is 0 Å². The average molecular weight is 450 g/mol. The van der Waals surface area contributed by atoms with Crippen LogP contribution in [0.1, 0.15) is 34.4 Å². The van der Waals surface area contributed by atoms with Gasteiger partial charge in [-0.05, 0) is 63.8 Å². The molecule has 2 N–H and O–H groups in total. The van der Waals surface area contributed by atoms with Gasteiger partial charge >= 0.3 is 0 Å². The van der Waals surface area contributed by atoms with E-state index in [1.807, 2.05) is 39.8 Å². The van der Waals surface area contributed by atoms with Gasteiger partial charge < -0.3 is 10.6 Å². The van der Waals surface area contributed by atoms with E-state index in [1.165, 1.54) is 15.6 Å². The Labute approximate surface area is 181 Å². The largest absolute Gasteiger partial charge is 0.346 e. The Kier molecular flexibility index (Phi) is 6.64. The second-order valence-corrected chi connectivity index (χ2v) is 11.1. The van der Waals surface area contributed by atoms with E-state index in [4.69, 9.17) is 0 Å². The van der Waals surface area contributed by atoms with Crippen molar-refractivity contribution in [1.82, 2.24) is 9.62 Å². The number of amides is 2. The van der Waals surface area contributed by atoms with Gasteiger partial charge in [0.2, 0.25) is 11.8 Å². The summed E-state index contributed by atoms with van der Waals surface area (Å²) in [4.78, 5) is 25.9. The van der Waals surface area contributed by atoms with Crippen LogP contribution in [0, 0.1) is 27.7 Å². The van der Waals surface area contributed by atoms with Crippen LogP contribution < -0.4 is 10.6 Å². The van der Waals surface area contributed by atoms with E-state index >= 15 is 0 Å². The highest BCUT2D eigenvalue weighted by molar-refractivity contribution is 7.91. The van der Waals surface area contributed by atoms with Crippen LogP contribution in [-0.2, 0) is 19.6 Å². The first-order chi connectivity index (χ1) is 14.1. The molecule has 1 fully saturated rings. The highest BCUT2D eigenvalue weighted by Gasteiger charge is 2.40. The van der Waals surface area contributed by atoms with Crippen LogP contribution in [0.25, 0.3) is 0 Å². The van der Waals surface area contributed by atoms with Gasteiger partial charge in [0.25, 0.3) is 10.0 Å². The van der Waals surface area contributed by atoms with Crippen molar-refractivity contribution >= 4 is 38.9 Å². The Morgan fingerprint density at radius 1 is 1.13 bits per heavy atom. The van der Waals surface area contributed by atoms with Gasteiger partial charge in [0.05, 0.1) is 6.54 Å². The molecule has 9 heteroatoms. The molecule has 0 radical (unpaired) electrons. The minimum Gasteiger partial charge on any atom is -0.346 e. The van der Waals surface area contributed by atoms with E-state index in [1.54, 1.807) is 12.1 Å². The maximum absolute atomic E-state index is 12.9. The van der Waals surface area contributed by atoms with Crippen LogP contribution in [0.2, 0.25) is 0 Å². The zero-order valence-electron chi connectivity index (χ0n) is 17.6. The number of sulfonamides is 1. The van der Waals surface area contributed by atoms with E-state index in [9.17, 15) is 18.0 Å². The Bertz CT molecular complexity index is 1050. The molecule has 0 aliphatic carbocycles. The zero-order chi connectivity index (χ0) is 22.1. The monoisotopic (exact) mass is 449 g/mol. The van der Waals surface area contributed by atoms with Gasteiger partial charge in [-0.25, -0.2) is 8.42 Å². The molecule has 2 heterocycles. The third-order valence-corrected chi connectivity index (χ3v) is 8.53. The lowest BCUT2D eigenvalue weighted by Crippen LogP contribution is -2.47. The molecule has 0 unspecified atom stereocenters. The number of nitrogens with one attached hydrogen (secondary N) is 2. The normalized spacial score (nSPS) is 17.1. The number of benzene rings is 1. The third-order valence-electron chi connectivity index (χ3n) is 5.15. The van der Waals surface area contributed by atoms with Gasteiger partial charge in [-0.1, -0.05) is 17.7 Å². The maximum Gasteiger partial charge on any atom is 0.253 e. The van der Waals surface area contributed by atoms with Crippen molar-refractivity contribution in [2.45, 2.75) is 50.8 Å². The van der Waals surface area contributed by atoms with E-state index in [-0.39, 0.29) is 16.7 Å². The predicted octanol–water partition coefficient (Wildman–Crippen LogP) is 2.89. The molecule has 7 nitrogen and oxygen atoms in total. The summed E-state index contributed by atoms with van der Waals surface area (Å²) in [6.07, 6.45) is 1.04. The molecule has 1 aromatic carbocycles. The van der Waals surface area contributed by atoms with Crippen molar-refractivity contribution in [2.75, 3.05) is 18.4 Å². The number of rotatable bonds is 6. The molecule has 0 bridgehead atoms. The van der Waals surface area contributed by atoms with Crippen LogP contribution in [0.5, 0.6) is 0 Å². The molecule has 1 aliphatic heterocycles. The van der Waals surface area contributed by atoms with Gasteiger partial charge in [0, 0.05) is 17.1 Å². The number of carbonyl (C=O) groups is 2. The highest BCUT2D eigenvalue weighted by Crippen LogP contribution is 2.30. The predicted molar refractivity (Wildman–Crippen MR) is 118 cm³/mol. The van der Waals surface area contributed by atoms with Crippen LogP contribution >= 0.6 is 11.3 Å². The lowest BCUT2D eigenvalue weighted by Gasteiger charge is -2.22. The first-order valence-electron chi connectivity index (χ1n) is 9.83. The first kappa shape index (κ1) is 22.5. The summed E-state index contributed by atoms with van der Waals surface area (Å²) in [5.41, 5.74) is 3.75. The summed E-state index contributed by atoms with van der Waals surface area (Å²) in [6.45, 7) is 7.75. The van der Waals surface area contributed by atoms with Crippen molar-refractivity contribution < 1.29 is 18.0 Å². The van der Waals surface area contributed by atoms with Crippen LogP contribution in [0.15, 0.2) is 28.5 Å². The van der Waals surface area contributed by atoms with Crippen molar-refractivity contribution in [3.63, 3.8) is 0 Å². The number of aryl methyl sites for hydroxylation is 4. The summed E-state index contributed by atoms with van der Waals surface area (Å²) < 4.78 is 27.3. The Balaban J connectivity index is 1.63. The van der Waals surface area contributed by atoms with E-state index < -0.39 is 22.0 Å². The standard InChI is InChI=1S/C21H27N3O4S2/c1-13-10-14(2)20(15(3)11-13)23-18(25)12-22-21(26)17-6-5-9-24(17)30(27,28)19-8-7-16(4)29-19/h7-8,10-11,17H,5-6,9,12H2,1-4H3,(H,22,26)(H,23,25)/t17-/m0/s1. The van der Waals surface area contributed by atoms with Crippen molar-refractivity contribution in [3.05, 3.63) is 45.8 Å². The SMILES string of the molecule is Cc1cc(C)c(NC(=O)CNC(=O)[C@@H]2CCCN2S(=O)(=O)c2ccc(C)s2)c(C)c1. The smallest absolute Gasteiger partial charge is 0.253 e. The Morgan fingerprint density at radius 2 is 1.80 bits per heavy atom. The van der Waals surface area contributed by atoms with Gasteiger partial charge in [-0.15, -0.1) is 11.3 Å². The summed E-state index contributed by atoms with van der Waals surface area (Å²) in [7, 11) is -3.72. The molecule has 1 aromatic heterocycles. The number of carbonyl (C=O) groups excluding carboxylic acids is 2. The topological polar surface area (TPSA) is 95.6 Å². The number of thiophene rings is 1. The van der Waals surface area contributed by atoms with Gasteiger partial charge in [-0.2, -0.15) is 4.31 Å². The minimum atomic E-state index is -3.72. The number of nitrogens with zero attached hydrogens (tertiary/aromatic N) is 1. The minimum absolute atomic E-state index is 0.214. The summed E-state index contributed by atoms with van der Waals surface area (Å²) in [6, 6.07) is 6.49. The maximum atomic E-state index is 12.9. The van der Waals surface area contributed by atoms with E-state index in [0.717, 1.165) is 27.3 Å². The molecule has 2 amide bonds. The van der Waals surface area contributed by atoms with Crippen LogP contribution in [0.3, 0.4) is 0 Å². The molecule has 162 valence electrons. The second-order valence-electron chi connectivity index (χ2n) is 7.68. The highest BCUT2D eigenvalue weighted by atomic mass is 32.2. The molecule has 1 atom stereocenters.